The maximum absolute atomic E-state index is 17.5. The van der Waals surface area contributed by atoms with Gasteiger partial charge in [-0.1, -0.05) is 66.7 Å². The van der Waals surface area contributed by atoms with Crippen LogP contribution in [0.4, 0.5) is 13.2 Å². The van der Waals surface area contributed by atoms with Gasteiger partial charge in [0.1, 0.15) is 5.82 Å². The third kappa shape index (κ3) is 1.44. The Bertz CT molecular complexity index is 1830. The summed E-state index contributed by atoms with van der Waals surface area (Å²) in [6.45, 7) is 0. The van der Waals surface area contributed by atoms with Gasteiger partial charge >= 0.3 is 0 Å². The van der Waals surface area contributed by atoms with Gasteiger partial charge in [0, 0.05) is 11.5 Å². The maximum atomic E-state index is 17.5. The molecule has 0 heterocycles. The van der Waals surface area contributed by atoms with Crippen LogP contribution in [0, 0.1) is 5.82 Å². The minimum atomic E-state index is -2.29. The molecule has 5 aromatic rings. The Morgan fingerprint density at radius 2 is 1.45 bits per heavy atom. The zero-order valence-electron chi connectivity index (χ0n) is 17.3. The number of hydrogen-bond acceptors (Lipinski definition) is 0. The van der Waals surface area contributed by atoms with E-state index in [1.54, 1.807) is 6.08 Å². The SMILES string of the molecule is Fc1cc2ccc3ccc4ccc5c6c4c3c2c2c1C1c3ccccc3C62C(F)(C=C5)C1F. The van der Waals surface area contributed by atoms with Gasteiger partial charge in [-0.2, -0.15) is 0 Å². The van der Waals surface area contributed by atoms with Gasteiger partial charge in [-0.3, -0.25) is 0 Å². The Balaban J connectivity index is 1.74. The molecule has 5 aliphatic carbocycles. The van der Waals surface area contributed by atoms with E-state index in [0.717, 1.165) is 49.0 Å². The molecular formula is C30H15F3. The molecule has 0 aromatic heterocycles. The molecule has 33 heavy (non-hydrogen) atoms. The molecule has 5 aromatic carbocycles. The average Bonchev–Trinajstić information content (AvgIpc) is 2.84. The van der Waals surface area contributed by atoms with E-state index in [2.05, 4.69) is 18.2 Å². The van der Waals surface area contributed by atoms with Gasteiger partial charge in [0.2, 0.25) is 0 Å². The summed E-state index contributed by atoms with van der Waals surface area (Å²) >= 11 is 0. The van der Waals surface area contributed by atoms with Crippen LogP contribution in [0.3, 0.4) is 0 Å². The second-order valence-corrected chi connectivity index (χ2v) is 9.92. The molecule has 0 saturated carbocycles. The summed E-state index contributed by atoms with van der Waals surface area (Å²) in [5.41, 5.74) is 0.404. The minimum absolute atomic E-state index is 0.335. The van der Waals surface area contributed by atoms with E-state index in [4.69, 9.17) is 0 Å². The summed E-state index contributed by atoms with van der Waals surface area (Å²) in [4.78, 5) is 0. The van der Waals surface area contributed by atoms with Crippen LogP contribution in [0.25, 0.3) is 38.4 Å². The fraction of sp³-hybridized carbons (Fsp3) is 0.133. The lowest BCUT2D eigenvalue weighted by molar-refractivity contribution is 0.0139. The molecule has 1 spiro atoms. The van der Waals surface area contributed by atoms with Gasteiger partial charge in [0.05, 0.1) is 5.41 Å². The Morgan fingerprint density at radius 3 is 2.30 bits per heavy atom. The lowest BCUT2D eigenvalue weighted by Crippen LogP contribution is -2.65. The second kappa shape index (κ2) is 4.84. The van der Waals surface area contributed by atoms with Crippen molar-refractivity contribution in [2.24, 2.45) is 0 Å². The molecule has 5 aliphatic rings. The molecule has 0 N–H and O–H groups in total. The lowest BCUT2D eigenvalue weighted by Gasteiger charge is -2.61. The van der Waals surface area contributed by atoms with Crippen LogP contribution in [-0.2, 0) is 5.41 Å². The highest BCUT2D eigenvalue weighted by atomic mass is 19.2. The third-order valence-corrected chi connectivity index (χ3v) is 8.83. The van der Waals surface area contributed by atoms with Gasteiger partial charge in [0.25, 0.3) is 0 Å². The molecule has 0 nitrogen and oxygen atoms in total. The lowest BCUT2D eigenvalue weighted by atomic mass is 9.43. The molecule has 0 fully saturated rings. The summed E-state index contributed by atoms with van der Waals surface area (Å²) < 4.78 is 49.8. The van der Waals surface area contributed by atoms with Crippen LogP contribution >= 0.6 is 0 Å². The molecule has 0 aliphatic heterocycles. The van der Waals surface area contributed by atoms with E-state index < -0.39 is 29.0 Å². The highest BCUT2D eigenvalue weighted by Gasteiger charge is 2.72. The van der Waals surface area contributed by atoms with Crippen LogP contribution in [0.2, 0.25) is 0 Å². The van der Waals surface area contributed by atoms with Crippen LogP contribution in [0.5, 0.6) is 0 Å². The van der Waals surface area contributed by atoms with E-state index >= 15 is 13.2 Å². The molecule has 0 amide bonds. The normalized spacial score (nSPS) is 29.2. The number of benzene rings is 5. The molecule has 4 atom stereocenters. The molecular weight excluding hydrogens is 417 g/mol. The zero-order valence-corrected chi connectivity index (χ0v) is 17.3. The van der Waals surface area contributed by atoms with E-state index in [0.29, 0.717) is 16.7 Å². The first-order valence-corrected chi connectivity index (χ1v) is 11.3. The monoisotopic (exact) mass is 432 g/mol. The quantitative estimate of drug-likeness (QED) is 0.223. The van der Waals surface area contributed by atoms with E-state index in [9.17, 15) is 0 Å². The number of rotatable bonds is 0. The number of halogens is 3. The fourth-order valence-corrected chi connectivity index (χ4v) is 7.79. The Morgan fingerprint density at radius 1 is 0.758 bits per heavy atom. The largest absolute Gasteiger partial charge is 0.242 e. The van der Waals surface area contributed by atoms with Crippen LogP contribution in [0.15, 0.2) is 72.8 Å². The van der Waals surface area contributed by atoms with Crippen LogP contribution in [0.1, 0.15) is 39.3 Å². The van der Waals surface area contributed by atoms with Gasteiger partial charge < -0.3 is 0 Å². The first kappa shape index (κ1) is 17.0. The summed E-state index contributed by atoms with van der Waals surface area (Å²) in [6.07, 6.45) is 1.28. The summed E-state index contributed by atoms with van der Waals surface area (Å²) in [7, 11) is 0. The molecule has 3 heteroatoms. The van der Waals surface area contributed by atoms with Gasteiger partial charge in [-0.15, -0.1) is 0 Å². The highest BCUT2D eigenvalue weighted by molar-refractivity contribution is 6.26. The molecule has 2 bridgehead atoms. The molecule has 4 unspecified atom stereocenters. The van der Waals surface area contributed by atoms with Crippen molar-refractivity contribution in [3.05, 3.63) is 112 Å². The van der Waals surface area contributed by atoms with Crippen molar-refractivity contribution in [2.45, 2.75) is 23.2 Å². The number of allylic oxidation sites excluding steroid dienone is 1. The van der Waals surface area contributed by atoms with E-state index in [-0.39, 0.29) is 0 Å². The second-order valence-electron chi connectivity index (χ2n) is 9.92. The van der Waals surface area contributed by atoms with Crippen molar-refractivity contribution in [2.75, 3.05) is 0 Å². The van der Waals surface area contributed by atoms with Crippen molar-refractivity contribution in [3.8, 4) is 0 Å². The van der Waals surface area contributed by atoms with Crippen LogP contribution < -0.4 is 0 Å². The van der Waals surface area contributed by atoms with E-state index in [1.165, 1.54) is 12.1 Å². The van der Waals surface area contributed by atoms with Crippen LogP contribution in [-0.4, -0.2) is 11.8 Å². The smallest absolute Gasteiger partial charge is 0.179 e. The zero-order chi connectivity index (χ0) is 21.9. The standard InChI is InChI=1S/C30H15F3/c31-20-13-17-10-8-14-5-6-15-7-9-16-11-12-29(33)28(32)24-18-3-1-2-4-19(18)30(29)26(16)22(15)21(14)23(17)27(30)25(20)24/h1-13,24,28H. The van der Waals surface area contributed by atoms with E-state index in [1.807, 2.05) is 42.5 Å². The predicted octanol–water partition coefficient (Wildman–Crippen LogP) is 7.47. The van der Waals surface area contributed by atoms with Crippen molar-refractivity contribution in [1.29, 1.82) is 0 Å². The van der Waals surface area contributed by atoms with Crippen molar-refractivity contribution >= 4 is 38.4 Å². The molecule has 156 valence electrons. The summed E-state index contributed by atoms with van der Waals surface area (Å²) in [5, 5.41) is 5.66. The fourth-order valence-electron chi connectivity index (χ4n) is 7.79. The average molecular weight is 432 g/mol. The van der Waals surface area contributed by atoms with Gasteiger partial charge in [-0.25, -0.2) is 13.2 Å². The Kier molecular flexibility index (Phi) is 2.49. The summed E-state index contributed by atoms with van der Waals surface area (Å²) in [6, 6.07) is 21.1. The topological polar surface area (TPSA) is 0 Å². The first-order valence-electron chi connectivity index (χ1n) is 11.3. The van der Waals surface area contributed by atoms with Gasteiger partial charge in [0.15, 0.2) is 11.8 Å². The highest BCUT2D eigenvalue weighted by Crippen LogP contribution is 2.71. The van der Waals surface area contributed by atoms with Crippen molar-refractivity contribution in [3.63, 3.8) is 0 Å². The van der Waals surface area contributed by atoms with Crippen molar-refractivity contribution < 1.29 is 13.2 Å². The molecule has 10 rings (SSSR count). The maximum Gasteiger partial charge on any atom is 0.179 e. The summed E-state index contributed by atoms with van der Waals surface area (Å²) in [5.74, 6) is -1.42. The third-order valence-electron chi connectivity index (χ3n) is 8.83. The number of hydrogen-bond donors (Lipinski definition) is 0. The predicted molar refractivity (Wildman–Crippen MR) is 125 cm³/mol. The van der Waals surface area contributed by atoms with Crippen molar-refractivity contribution in [1.82, 2.24) is 0 Å². The number of alkyl halides is 2. The Hall–Kier alpha value is -3.59. The van der Waals surface area contributed by atoms with Gasteiger partial charge in [-0.05, 0) is 72.3 Å². The molecule has 0 saturated heterocycles. The first-order chi connectivity index (χ1) is 16.1. The Labute approximate surface area is 187 Å². The minimum Gasteiger partial charge on any atom is -0.242 e. The molecule has 0 radical (unpaired) electrons.